The molecule has 5 aromatic carbocycles. The standard InChI is InChI=1S/C21H21F3N4O2.C20H21ClN4O2.C18H19BrN4O2S/c22-21(23,24)14-7-5-13(6-8-14)11-28-12-15(29)9-18(28)20(30)25-10-19-26-16-3-1-2-4-17(16)27-19;21-14-7-5-13(6-8-14)11-25-12-15(26)9-18(25)20(27)22-10-19-23-16-3-1-2-4-17(16)24-19;19-11-5-13(26-10-11)9-23-8-12(24)6-16(23)18(25)20-7-17-21-14-3-1-2-4-15(14)22-17/h1-8,15,18,29H,9-12H2,(H,25,30)(H,26,27);1-8,15,18,26H,9-12H2,(H,22,27)(H,23,24);1-5,10,12,16,24H,6-9H2,(H,20,25)(H,21,22)/t15?,18-;15-,18+;12-,16+/m011/s1. The molecule has 7 heterocycles. The van der Waals surface area contributed by atoms with Crippen LogP contribution in [0.2, 0.25) is 5.02 Å². The van der Waals surface area contributed by atoms with Gasteiger partial charge in [0.2, 0.25) is 17.7 Å². The molecule has 3 saturated heterocycles. The molecular formula is C59H61BrClF3N12O6S. The van der Waals surface area contributed by atoms with E-state index in [0.717, 1.165) is 61.1 Å². The van der Waals surface area contributed by atoms with Crippen LogP contribution in [0.4, 0.5) is 13.2 Å². The highest BCUT2D eigenvalue weighted by atomic mass is 79.9. The highest BCUT2D eigenvalue weighted by Gasteiger charge is 2.39. The lowest BCUT2D eigenvalue weighted by atomic mass is 10.1. The molecule has 0 saturated carbocycles. The molecule has 12 rings (SSSR count). The van der Waals surface area contributed by atoms with Crippen molar-refractivity contribution in [3.63, 3.8) is 0 Å². The van der Waals surface area contributed by atoms with Gasteiger partial charge in [0.25, 0.3) is 0 Å². The van der Waals surface area contributed by atoms with Crippen LogP contribution in [0.5, 0.6) is 0 Å². The van der Waals surface area contributed by atoms with Gasteiger partial charge in [0.15, 0.2) is 0 Å². The fourth-order valence-corrected chi connectivity index (χ4v) is 12.2. The van der Waals surface area contributed by atoms with Crippen LogP contribution in [-0.2, 0) is 59.8 Å². The molecule has 0 bridgehead atoms. The predicted octanol–water partition coefficient (Wildman–Crippen LogP) is 7.94. The number of rotatable bonds is 15. The Labute approximate surface area is 492 Å². The number of hydrogen-bond acceptors (Lipinski definition) is 13. The molecule has 6 atom stereocenters. The minimum Gasteiger partial charge on any atom is -0.392 e. The van der Waals surface area contributed by atoms with E-state index >= 15 is 0 Å². The second-order valence-corrected chi connectivity index (χ2v) is 23.2. The molecule has 18 nitrogen and oxygen atoms in total. The third kappa shape index (κ3) is 15.6. The molecule has 3 fully saturated rings. The summed E-state index contributed by atoms with van der Waals surface area (Å²) < 4.78 is 39.2. The van der Waals surface area contributed by atoms with E-state index in [2.05, 4.69) is 67.9 Å². The number of likely N-dealkylation sites (tertiary alicyclic amines) is 3. The van der Waals surface area contributed by atoms with E-state index in [1.54, 1.807) is 16.2 Å². The summed E-state index contributed by atoms with van der Waals surface area (Å²) in [6.45, 7) is 3.69. The highest BCUT2D eigenvalue weighted by Crippen LogP contribution is 2.31. The SMILES string of the molecule is O=C(NCc1nc2ccccc2[nH]1)[C@@H]1CC(O)CN1Cc1ccc(C(F)(F)F)cc1.O=C(NCc1nc2ccccc2[nH]1)[C@@H]1C[C@@H](O)CN1Cc1cc(Br)cs1.O=C(NCc1nc2ccccc2[nH]1)[C@@H]1C[C@@H](O)CN1Cc1ccc(Cl)cc1. The first-order chi connectivity index (χ1) is 40.0. The van der Waals surface area contributed by atoms with E-state index in [1.165, 1.54) is 17.0 Å². The molecule has 83 heavy (non-hydrogen) atoms. The number of imidazole rings is 3. The van der Waals surface area contributed by atoms with Crippen molar-refractivity contribution < 1.29 is 42.9 Å². The van der Waals surface area contributed by atoms with Crippen LogP contribution in [0.3, 0.4) is 0 Å². The summed E-state index contributed by atoms with van der Waals surface area (Å²) >= 11 is 11.0. The summed E-state index contributed by atoms with van der Waals surface area (Å²) in [6, 6.07) is 36.3. The number of aliphatic hydroxyl groups excluding tert-OH is 3. The second-order valence-electron chi connectivity index (χ2n) is 20.8. The number of fused-ring (bicyclic) bond motifs is 3. The normalized spacial score (nSPS) is 20.3. The van der Waals surface area contributed by atoms with Crippen LogP contribution in [0, 0.1) is 0 Å². The smallest absolute Gasteiger partial charge is 0.392 e. The Morgan fingerprint density at radius 2 is 0.928 bits per heavy atom. The second kappa shape index (κ2) is 26.7. The Bertz CT molecular complexity index is 3560. The number of halogens is 5. The number of thiophene rings is 1. The summed E-state index contributed by atoms with van der Waals surface area (Å²) in [5.74, 6) is 1.65. The largest absolute Gasteiger partial charge is 0.416 e. The van der Waals surface area contributed by atoms with Crippen LogP contribution >= 0.6 is 38.9 Å². The minimum absolute atomic E-state index is 0.0716. The number of nitrogens with zero attached hydrogens (tertiary/aromatic N) is 6. The summed E-state index contributed by atoms with van der Waals surface area (Å²) in [5, 5.41) is 41.6. The van der Waals surface area contributed by atoms with Gasteiger partial charge in [0.1, 0.15) is 17.5 Å². The van der Waals surface area contributed by atoms with E-state index < -0.39 is 36.1 Å². The van der Waals surface area contributed by atoms with Crippen LogP contribution < -0.4 is 16.0 Å². The number of carbonyl (C=O) groups excluding carboxylic acids is 3. The number of aromatic nitrogens is 6. The van der Waals surface area contributed by atoms with E-state index in [1.807, 2.05) is 112 Å². The lowest BCUT2D eigenvalue weighted by molar-refractivity contribution is -0.137. The van der Waals surface area contributed by atoms with Crippen molar-refractivity contribution in [3.05, 3.63) is 181 Å². The first kappa shape index (κ1) is 59.1. The van der Waals surface area contributed by atoms with Crippen molar-refractivity contribution in [2.75, 3.05) is 19.6 Å². The van der Waals surface area contributed by atoms with Crippen molar-refractivity contribution in [2.24, 2.45) is 0 Å². The Balaban J connectivity index is 0.000000139. The molecule has 3 aliphatic rings. The van der Waals surface area contributed by atoms with Gasteiger partial charge in [-0.25, -0.2) is 15.0 Å². The van der Waals surface area contributed by atoms with E-state index in [9.17, 15) is 42.9 Å². The number of β-amino-alcohol motifs (C(OH)–C–C–N with tert-alkyl or cyclic N) is 3. The highest BCUT2D eigenvalue weighted by molar-refractivity contribution is 9.10. The van der Waals surface area contributed by atoms with Crippen LogP contribution in [0.1, 0.15) is 58.3 Å². The number of hydrogen-bond donors (Lipinski definition) is 9. The summed E-state index contributed by atoms with van der Waals surface area (Å²) in [5.41, 5.74) is 6.34. The number of benzene rings is 5. The van der Waals surface area contributed by atoms with Crippen molar-refractivity contribution in [3.8, 4) is 0 Å². The Kier molecular flexibility index (Phi) is 19.0. The maximum absolute atomic E-state index is 12.7. The number of alkyl halides is 3. The zero-order valence-corrected chi connectivity index (χ0v) is 47.9. The van der Waals surface area contributed by atoms with Gasteiger partial charge < -0.3 is 46.2 Å². The van der Waals surface area contributed by atoms with Crippen LogP contribution in [0.15, 0.2) is 137 Å². The number of carbonyl (C=O) groups is 3. The zero-order chi connectivity index (χ0) is 58.2. The number of para-hydroxylation sites is 6. The van der Waals surface area contributed by atoms with Gasteiger partial charge >= 0.3 is 6.18 Å². The summed E-state index contributed by atoms with van der Waals surface area (Å²) in [4.78, 5) is 68.0. The quantitative estimate of drug-likeness (QED) is 0.0475. The first-order valence-corrected chi connectivity index (χ1v) is 29.0. The van der Waals surface area contributed by atoms with E-state index in [0.29, 0.717) is 74.3 Å². The number of aliphatic hydroxyl groups is 3. The average Bonchev–Trinajstić information content (AvgIpc) is 4.53. The molecule has 3 amide bonds. The molecule has 4 aromatic heterocycles. The Hall–Kier alpha value is -7.06. The van der Waals surface area contributed by atoms with Gasteiger partial charge in [-0.2, -0.15) is 13.2 Å². The van der Waals surface area contributed by atoms with Gasteiger partial charge in [-0.3, -0.25) is 29.1 Å². The van der Waals surface area contributed by atoms with Gasteiger partial charge in [-0.1, -0.05) is 72.3 Å². The molecule has 9 N–H and O–H groups in total. The molecule has 24 heteroatoms. The number of nitrogens with one attached hydrogen (secondary N) is 6. The average molecular weight is 1240 g/mol. The van der Waals surface area contributed by atoms with Crippen molar-refractivity contribution >= 4 is 89.7 Å². The number of amides is 3. The first-order valence-electron chi connectivity index (χ1n) is 27.0. The third-order valence-electron chi connectivity index (χ3n) is 14.6. The van der Waals surface area contributed by atoms with E-state index in [-0.39, 0.29) is 55.9 Å². The summed E-state index contributed by atoms with van der Waals surface area (Å²) in [6.07, 6.45) is -4.87. The Morgan fingerprint density at radius 1 is 0.566 bits per heavy atom. The molecular weight excluding hydrogens is 1180 g/mol. The number of H-pyrrole nitrogens is 3. The molecule has 0 spiro atoms. The Morgan fingerprint density at radius 3 is 1.28 bits per heavy atom. The van der Waals surface area contributed by atoms with Crippen molar-refractivity contribution in [1.82, 2.24) is 60.6 Å². The fourth-order valence-electron chi connectivity index (χ4n) is 10.6. The lowest BCUT2D eigenvalue weighted by Gasteiger charge is -2.23. The minimum atomic E-state index is -4.39. The van der Waals surface area contributed by atoms with Crippen LogP contribution in [0.25, 0.3) is 33.1 Å². The third-order valence-corrected chi connectivity index (χ3v) is 16.5. The molecule has 9 aromatic rings. The van der Waals surface area contributed by atoms with Gasteiger partial charge in [-0.15, -0.1) is 11.3 Å². The van der Waals surface area contributed by atoms with Gasteiger partial charge in [0, 0.05) is 59.0 Å². The van der Waals surface area contributed by atoms with Crippen molar-refractivity contribution in [1.29, 1.82) is 0 Å². The molecule has 434 valence electrons. The molecule has 3 aliphatic heterocycles. The summed E-state index contributed by atoms with van der Waals surface area (Å²) in [7, 11) is 0. The predicted molar refractivity (Wildman–Crippen MR) is 313 cm³/mol. The van der Waals surface area contributed by atoms with E-state index in [4.69, 9.17) is 11.6 Å². The van der Waals surface area contributed by atoms with Crippen LogP contribution in [-0.4, -0.2) is 134 Å². The number of aromatic amines is 3. The maximum atomic E-state index is 12.7. The lowest BCUT2D eigenvalue weighted by Crippen LogP contribution is -2.42. The van der Waals surface area contributed by atoms with Gasteiger partial charge in [-0.05, 0) is 113 Å². The zero-order valence-electron chi connectivity index (χ0n) is 44.7. The maximum Gasteiger partial charge on any atom is 0.416 e. The molecule has 0 aliphatic carbocycles. The fraction of sp³-hybridized carbons (Fsp3) is 0.322. The van der Waals surface area contributed by atoms with Crippen molar-refractivity contribution in [2.45, 2.75) is 101 Å². The monoisotopic (exact) mass is 1240 g/mol. The topological polar surface area (TPSA) is 244 Å². The molecule has 1 unspecified atom stereocenters. The molecule has 0 radical (unpaired) electrons. The van der Waals surface area contributed by atoms with Gasteiger partial charge in [0.05, 0.1) is 94.7 Å².